The van der Waals surface area contributed by atoms with Gasteiger partial charge in [-0.3, -0.25) is 4.79 Å². The number of ether oxygens (including phenoxy) is 1. The summed E-state index contributed by atoms with van der Waals surface area (Å²) in [7, 11) is 0. The van der Waals surface area contributed by atoms with Crippen LogP contribution in [0.25, 0.3) is 6.08 Å². The van der Waals surface area contributed by atoms with Crippen LogP contribution in [-0.2, 0) is 14.3 Å². The third-order valence-corrected chi connectivity index (χ3v) is 3.10. The fourth-order valence-electron chi connectivity index (χ4n) is 1.77. The van der Waals surface area contributed by atoms with Gasteiger partial charge in [0.15, 0.2) is 6.61 Å². The van der Waals surface area contributed by atoms with E-state index in [1.54, 1.807) is 18.2 Å². The van der Waals surface area contributed by atoms with Gasteiger partial charge in [-0.2, -0.15) is 0 Å². The summed E-state index contributed by atoms with van der Waals surface area (Å²) in [5, 5.41) is 17.7. The quantitative estimate of drug-likeness (QED) is 0.239. The van der Waals surface area contributed by atoms with Crippen LogP contribution in [0.15, 0.2) is 42.5 Å². The topological polar surface area (TPSA) is 83.8 Å². The van der Waals surface area contributed by atoms with Crippen molar-refractivity contribution in [1.29, 1.82) is 0 Å². The molecule has 1 aromatic carbocycles. The third kappa shape index (κ3) is 12.5. The minimum atomic E-state index is -0.787. The first-order chi connectivity index (χ1) is 13.6. The number of benzene rings is 1. The van der Waals surface area contributed by atoms with Crippen molar-refractivity contribution in [3.8, 4) is 41.3 Å². The molecule has 0 aliphatic carbocycles. The summed E-state index contributed by atoms with van der Waals surface area (Å²) in [5.74, 6) is 14.5. The zero-order chi connectivity index (χ0) is 20.5. The van der Waals surface area contributed by atoms with E-state index in [1.165, 1.54) is 18.2 Å². The van der Waals surface area contributed by atoms with E-state index in [0.29, 0.717) is 19.3 Å². The summed E-state index contributed by atoms with van der Waals surface area (Å²) in [6.07, 6.45) is 8.67. The summed E-state index contributed by atoms with van der Waals surface area (Å²) < 4.78 is 4.90. The molecule has 0 atom stereocenters. The van der Waals surface area contributed by atoms with Crippen molar-refractivity contribution in [3.63, 3.8) is 0 Å². The zero-order valence-corrected chi connectivity index (χ0v) is 15.3. The lowest BCUT2D eigenvalue weighted by atomic mass is 10.2. The highest BCUT2D eigenvalue weighted by atomic mass is 16.5. The number of aromatic hydroxyl groups is 1. The van der Waals surface area contributed by atoms with E-state index in [2.05, 4.69) is 35.5 Å². The molecule has 5 heteroatoms. The van der Waals surface area contributed by atoms with E-state index >= 15 is 0 Å². The molecule has 0 heterocycles. The lowest BCUT2D eigenvalue weighted by Gasteiger charge is -1.95. The molecule has 5 nitrogen and oxygen atoms in total. The highest BCUT2D eigenvalue weighted by Crippen LogP contribution is 2.10. The van der Waals surface area contributed by atoms with E-state index in [0.717, 1.165) is 5.56 Å². The monoisotopic (exact) mass is 376 g/mol. The molecule has 0 aromatic heterocycles. The molecule has 0 aliphatic heterocycles. The van der Waals surface area contributed by atoms with Gasteiger partial charge in [0.05, 0.1) is 0 Å². The summed E-state index contributed by atoms with van der Waals surface area (Å²) >= 11 is 0. The fraction of sp³-hybridized carbons (Fsp3) is 0.217. The van der Waals surface area contributed by atoms with Crippen LogP contribution in [0.4, 0.5) is 0 Å². The van der Waals surface area contributed by atoms with E-state index in [4.69, 9.17) is 14.9 Å². The molecule has 0 amide bonds. The van der Waals surface area contributed by atoms with Gasteiger partial charge in [-0.05, 0) is 66.2 Å². The number of phenols is 1. The van der Waals surface area contributed by atoms with Crippen LogP contribution >= 0.6 is 0 Å². The standard InChI is InChI=1S/C23H20O5/c24-21-16-13-20(14-17-21)15-18-23(27)28-19-11-9-7-5-3-1-2-4-6-8-10-12-22(25)26/h4,6,13-18,24H,2,8,10,12,19H2,(H,25,26). The highest BCUT2D eigenvalue weighted by Gasteiger charge is 1.95. The second-order valence-corrected chi connectivity index (χ2v) is 5.35. The van der Waals surface area contributed by atoms with Crippen LogP contribution in [0.5, 0.6) is 5.75 Å². The highest BCUT2D eigenvalue weighted by molar-refractivity contribution is 5.87. The van der Waals surface area contributed by atoms with Crippen LogP contribution in [0.1, 0.15) is 31.2 Å². The van der Waals surface area contributed by atoms with Crippen LogP contribution in [0, 0.1) is 35.5 Å². The van der Waals surface area contributed by atoms with Gasteiger partial charge in [0.1, 0.15) is 5.75 Å². The average Bonchev–Trinajstić information content (AvgIpc) is 2.67. The maximum atomic E-state index is 11.5. The number of esters is 1. The number of aliphatic carboxylic acids is 1. The van der Waals surface area contributed by atoms with E-state index in [1.807, 2.05) is 12.2 Å². The molecule has 1 aromatic rings. The van der Waals surface area contributed by atoms with E-state index in [9.17, 15) is 9.59 Å². The van der Waals surface area contributed by atoms with Gasteiger partial charge in [-0.25, -0.2) is 4.79 Å². The van der Waals surface area contributed by atoms with Gasteiger partial charge in [-0.1, -0.05) is 30.2 Å². The molecule has 1 rings (SSSR count). The first-order valence-electron chi connectivity index (χ1n) is 8.54. The Morgan fingerprint density at radius 1 is 1.00 bits per heavy atom. The van der Waals surface area contributed by atoms with Crippen molar-refractivity contribution in [2.75, 3.05) is 6.61 Å². The molecule has 0 radical (unpaired) electrons. The Balaban J connectivity index is 2.19. The Morgan fingerprint density at radius 3 is 2.43 bits per heavy atom. The molecule has 0 saturated heterocycles. The molecule has 0 spiro atoms. The largest absolute Gasteiger partial charge is 0.508 e. The van der Waals surface area contributed by atoms with Crippen molar-refractivity contribution in [1.82, 2.24) is 0 Å². The Morgan fingerprint density at radius 2 is 1.71 bits per heavy atom. The Kier molecular flexibility index (Phi) is 11.3. The molecular formula is C23H20O5. The SMILES string of the molecule is O=C(O)CCCC=CCC#CC#CC#CCOC(=O)C=Cc1ccc(O)cc1. The van der Waals surface area contributed by atoms with Crippen molar-refractivity contribution in [3.05, 3.63) is 48.1 Å². The molecule has 0 saturated carbocycles. The number of hydrogen-bond donors (Lipinski definition) is 2. The Labute approximate surface area is 164 Å². The van der Waals surface area contributed by atoms with Crippen LogP contribution in [-0.4, -0.2) is 28.8 Å². The van der Waals surface area contributed by atoms with Gasteiger partial charge in [0.25, 0.3) is 0 Å². The second-order valence-electron chi connectivity index (χ2n) is 5.35. The second kappa shape index (κ2) is 14.3. The molecule has 0 aliphatic rings. The number of carbonyl (C=O) groups is 2. The van der Waals surface area contributed by atoms with Crippen molar-refractivity contribution >= 4 is 18.0 Å². The summed E-state index contributed by atoms with van der Waals surface area (Å²) in [4.78, 5) is 21.8. The summed E-state index contributed by atoms with van der Waals surface area (Å²) in [5.41, 5.74) is 0.764. The van der Waals surface area contributed by atoms with Crippen molar-refractivity contribution in [2.45, 2.75) is 25.7 Å². The number of carboxylic acids is 1. The van der Waals surface area contributed by atoms with E-state index < -0.39 is 11.9 Å². The number of carbonyl (C=O) groups excluding carboxylic acids is 1. The third-order valence-electron chi connectivity index (χ3n) is 3.10. The first kappa shape index (κ1) is 22.2. The number of phenolic OH excluding ortho intramolecular Hbond substituents is 1. The number of unbranched alkanes of at least 4 members (excludes halogenated alkanes) is 1. The van der Waals surface area contributed by atoms with Crippen LogP contribution < -0.4 is 0 Å². The minimum absolute atomic E-state index is 0.0695. The van der Waals surface area contributed by atoms with E-state index in [-0.39, 0.29) is 18.8 Å². The Bertz CT molecular complexity index is 888. The number of allylic oxidation sites excluding steroid dienone is 2. The maximum Gasteiger partial charge on any atom is 0.331 e. The molecule has 2 N–H and O–H groups in total. The summed E-state index contributed by atoms with van der Waals surface area (Å²) in [6.45, 7) is -0.0695. The fourth-order valence-corrected chi connectivity index (χ4v) is 1.77. The lowest BCUT2D eigenvalue weighted by Crippen LogP contribution is -2.00. The number of rotatable bonds is 8. The molecule has 0 fully saturated rings. The van der Waals surface area contributed by atoms with Crippen LogP contribution in [0.2, 0.25) is 0 Å². The summed E-state index contributed by atoms with van der Waals surface area (Å²) in [6, 6.07) is 6.39. The van der Waals surface area contributed by atoms with Gasteiger partial charge < -0.3 is 14.9 Å². The predicted octanol–water partition coefficient (Wildman–Crippen LogP) is 3.16. The van der Waals surface area contributed by atoms with Crippen molar-refractivity contribution in [2.24, 2.45) is 0 Å². The van der Waals surface area contributed by atoms with Gasteiger partial charge in [0.2, 0.25) is 0 Å². The Hall–Kier alpha value is -3.88. The molecule has 0 unspecified atom stereocenters. The van der Waals surface area contributed by atoms with Crippen LogP contribution in [0.3, 0.4) is 0 Å². The molecule has 28 heavy (non-hydrogen) atoms. The maximum absolute atomic E-state index is 11.5. The minimum Gasteiger partial charge on any atom is -0.508 e. The normalized spacial score (nSPS) is 9.57. The molecular weight excluding hydrogens is 356 g/mol. The van der Waals surface area contributed by atoms with Gasteiger partial charge >= 0.3 is 11.9 Å². The predicted molar refractivity (Wildman–Crippen MR) is 107 cm³/mol. The zero-order valence-electron chi connectivity index (χ0n) is 15.3. The number of hydrogen-bond acceptors (Lipinski definition) is 4. The molecule has 142 valence electrons. The average molecular weight is 376 g/mol. The molecule has 0 bridgehead atoms. The first-order valence-corrected chi connectivity index (χ1v) is 8.54. The smallest absolute Gasteiger partial charge is 0.331 e. The van der Waals surface area contributed by atoms with Crippen molar-refractivity contribution < 1.29 is 24.5 Å². The lowest BCUT2D eigenvalue weighted by molar-refractivity contribution is -0.137. The van der Waals surface area contributed by atoms with Gasteiger partial charge in [0, 0.05) is 18.9 Å². The number of carboxylic acid groups (broad SMARTS) is 1. The van der Waals surface area contributed by atoms with Gasteiger partial charge in [-0.15, -0.1) is 0 Å².